The molecular formula is C14H18F3NO2S. The van der Waals surface area contributed by atoms with Crippen LogP contribution in [0.15, 0.2) is 18.2 Å². The van der Waals surface area contributed by atoms with Gasteiger partial charge in [-0.15, -0.1) is 0 Å². The van der Waals surface area contributed by atoms with E-state index in [4.69, 9.17) is 5.11 Å². The second-order valence-corrected chi connectivity index (χ2v) is 5.99. The number of alkyl halides is 3. The first-order valence-electron chi connectivity index (χ1n) is 6.54. The van der Waals surface area contributed by atoms with Crippen molar-refractivity contribution in [3.8, 4) is 0 Å². The highest BCUT2D eigenvalue weighted by molar-refractivity contribution is 7.99. The lowest BCUT2D eigenvalue weighted by Crippen LogP contribution is -2.18. The summed E-state index contributed by atoms with van der Waals surface area (Å²) in [6.07, 6.45) is -3.87. The van der Waals surface area contributed by atoms with E-state index in [0.717, 1.165) is 30.1 Å². The second-order valence-electron chi connectivity index (χ2n) is 4.59. The maximum Gasteiger partial charge on any atom is 0.417 e. The van der Waals surface area contributed by atoms with Crippen LogP contribution in [0.4, 0.5) is 18.9 Å². The van der Waals surface area contributed by atoms with E-state index in [2.05, 4.69) is 5.32 Å². The Kier molecular flexibility index (Phi) is 6.39. The van der Waals surface area contributed by atoms with Crippen molar-refractivity contribution in [3.05, 3.63) is 29.3 Å². The van der Waals surface area contributed by atoms with Gasteiger partial charge in [-0.3, -0.25) is 0 Å². The first-order chi connectivity index (χ1) is 9.75. The highest BCUT2D eigenvalue weighted by atomic mass is 32.2. The van der Waals surface area contributed by atoms with Crippen LogP contribution in [0.5, 0.6) is 0 Å². The van der Waals surface area contributed by atoms with E-state index in [1.165, 1.54) is 6.07 Å². The Bertz CT molecular complexity index is 492. The standard InChI is InChI=1S/C14H18F3NO2S/c1-3-21-7-6-9(2)18-10-4-5-11(13(19)20)12(8-10)14(15,16)17/h4-5,8-9,18H,3,6-7H2,1-2H3,(H,19,20). The molecule has 21 heavy (non-hydrogen) atoms. The number of aromatic carboxylic acids is 1. The molecule has 0 amide bonds. The fourth-order valence-corrected chi connectivity index (χ4v) is 2.63. The van der Waals surface area contributed by atoms with Gasteiger partial charge in [-0.2, -0.15) is 24.9 Å². The van der Waals surface area contributed by atoms with E-state index >= 15 is 0 Å². The average molecular weight is 321 g/mol. The minimum Gasteiger partial charge on any atom is -0.478 e. The van der Waals surface area contributed by atoms with Crippen molar-refractivity contribution in [1.82, 2.24) is 0 Å². The summed E-state index contributed by atoms with van der Waals surface area (Å²) in [4.78, 5) is 10.9. The molecule has 1 unspecified atom stereocenters. The van der Waals surface area contributed by atoms with Crippen LogP contribution in [-0.4, -0.2) is 28.6 Å². The SMILES string of the molecule is CCSCCC(C)Nc1ccc(C(=O)O)c(C(F)(F)F)c1. The van der Waals surface area contributed by atoms with Crippen molar-refractivity contribution in [1.29, 1.82) is 0 Å². The minimum atomic E-state index is -4.69. The van der Waals surface area contributed by atoms with Crippen molar-refractivity contribution >= 4 is 23.4 Å². The maximum atomic E-state index is 12.9. The highest BCUT2D eigenvalue weighted by Crippen LogP contribution is 2.34. The van der Waals surface area contributed by atoms with Crippen LogP contribution in [0.2, 0.25) is 0 Å². The Morgan fingerprint density at radius 1 is 1.43 bits per heavy atom. The number of thioether (sulfide) groups is 1. The Morgan fingerprint density at radius 2 is 2.10 bits per heavy atom. The predicted molar refractivity (Wildman–Crippen MR) is 79.1 cm³/mol. The van der Waals surface area contributed by atoms with E-state index in [9.17, 15) is 18.0 Å². The molecule has 0 saturated heterocycles. The molecule has 0 aromatic heterocycles. The third kappa shape index (κ3) is 5.49. The molecule has 3 nitrogen and oxygen atoms in total. The Balaban J connectivity index is 2.88. The quantitative estimate of drug-likeness (QED) is 0.733. The molecule has 1 aromatic rings. The maximum absolute atomic E-state index is 12.9. The van der Waals surface area contributed by atoms with Gasteiger partial charge in [-0.1, -0.05) is 6.92 Å². The molecule has 0 radical (unpaired) electrons. The summed E-state index contributed by atoms with van der Waals surface area (Å²) in [5, 5.41) is 11.8. The number of carboxylic acid groups (broad SMARTS) is 1. The highest BCUT2D eigenvalue weighted by Gasteiger charge is 2.35. The molecule has 0 spiro atoms. The summed E-state index contributed by atoms with van der Waals surface area (Å²) in [5.41, 5.74) is -1.58. The molecular weight excluding hydrogens is 303 g/mol. The molecule has 1 atom stereocenters. The number of hydrogen-bond donors (Lipinski definition) is 2. The van der Waals surface area contributed by atoms with Crippen LogP contribution in [0.3, 0.4) is 0 Å². The fourth-order valence-electron chi connectivity index (χ4n) is 1.82. The lowest BCUT2D eigenvalue weighted by Gasteiger charge is -2.17. The van der Waals surface area contributed by atoms with E-state index < -0.39 is 23.3 Å². The molecule has 0 bridgehead atoms. The number of carboxylic acids is 1. The zero-order valence-electron chi connectivity index (χ0n) is 11.8. The summed E-state index contributed by atoms with van der Waals surface area (Å²) in [6.45, 7) is 3.93. The van der Waals surface area contributed by atoms with Crippen molar-refractivity contribution in [2.24, 2.45) is 0 Å². The molecule has 0 heterocycles. The Labute approximate surface area is 125 Å². The molecule has 2 N–H and O–H groups in total. The summed E-state index contributed by atoms with van der Waals surface area (Å²) >= 11 is 1.76. The van der Waals surface area contributed by atoms with Gasteiger partial charge in [0.2, 0.25) is 0 Å². The van der Waals surface area contributed by atoms with Gasteiger partial charge in [-0.25, -0.2) is 4.79 Å². The molecule has 0 aliphatic carbocycles. The van der Waals surface area contributed by atoms with Crippen LogP contribution < -0.4 is 5.32 Å². The average Bonchev–Trinajstić information content (AvgIpc) is 2.37. The van der Waals surface area contributed by atoms with Gasteiger partial charge in [0.1, 0.15) is 0 Å². The van der Waals surface area contributed by atoms with Gasteiger partial charge in [0.05, 0.1) is 11.1 Å². The predicted octanol–water partition coefficient (Wildman–Crippen LogP) is 4.35. The van der Waals surface area contributed by atoms with Gasteiger partial charge in [0, 0.05) is 11.7 Å². The Hall–Kier alpha value is -1.37. The summed E-state index contributed by atoms with van der Waals surface area (Å²) in [7, 11) is 0. The number of anilines is 1. The zero-order valence-corrected chi connectivity index (χ0v) is 12.6. The number of benzene rings is 1. The molecule has 118 valence electrons. The molecule has 0 fully saturated rings. The van der Waals surface area contributed by atoms with Crippen LogP contribution >= 0.6 is 11.8 Å². The first kappa shape index (κ1) is 17.7. The molecule has 0 saturated carbocycles. The summed E-state index contributed by atoms with van der Waals surface area (Å²) in [6, 6.07) is 3.22. The van der Waals surface area contributed by atoms with Crippen molar-refractivity contribution in [3.63, 3.8) is 0 Å². The molecule has 0 aliphatic rings. The van der Waals surface area contributed by atoms with Crippen LogP contribution in [-0.2, 0) is 6.18 Å². The third-order valence-corrected chi connectivity index (χ3v) is 3.80. The number of hydrogen-bond acceptors (Lipinski definition) is 3. The van der Waals surface area contributed by atoms with Gasteiger partial charge >= 0.3 is 12.1 Å². The third-order valence-electron chi connectivity index (χ3n) is 2.87. The monoisotopic (exact) mass is 321 g/mol. The fraction of sp³-hybridized carbons (Fsp3) is 0.500. The largest absolute Gasteiger partial charge is 0.478 e. The van der Waals surface area contributed by atoms with Crippen LogP contribution in [0, 0.1) is 0 Å². The van der Waals surface area contributed by atoms with E-state index in [1.807, 2.05) is 13.8 Å². The van der Waals surface area contributed by atoms with Crippen molar-refractivity contribution < 1.29 is 23.1 Å². The first-order valence-corrected chi connectivity index (χ1v) is 7.70. The van der Waals surface area contributed by atoms with Gasteiger partial charge in [-0.05, 0) is 43.0 Å². The van der Waals surface area contributed by atoms with Crippen molar-refractivity contribution in [2.75, 3.05) is 16.8 Å². The molecule has 1 aromatic carbocycles. The minimum absolute atomic E-state index is 0.0146. The van der Waals surface area contributed by atoms with Crippen LogP contribution in [0.25, 0.3) is 0 Å². The molecule has 7 heteroatoms. The van der Waals surface area contributed by atoms with E-state index in [1.54, 1.807) is 11.8 Å². The number of carbonyl (C=O) groups is 1. The second kappa shape index (κ2) is 7.59. The van der Waals surface area contributed by atoms with E-state index in [0.29, 0.717) is 0 Å². The van der Waals surface area contributed by atoms with Crippen LogP contribution in [0.1, 0.15) is 36.2 Å². The number of nitrogens with one attached hydrogen (secondary N) is 1. The topological polar surface area (TPSA) is 49.3 Å². The number of halogens is 3. The smallest absolute Gasteiger partial charge is 0.417 e. The Morgan fingerprint density at radius 3 is 2.62 bits per heavy atom. The van der Waals surface area contributed by atoms with Gasteiger partial charge in [0.25, 0.3) is 0 Å². The molecule has 0 aliphatic heterocycles. The lowest BCUT2D eigenvalue weighted by atomic mass is 10.1. The van der Waals surface area contributed by atoms with Gasteiger partial charge < -0.3 is 10.4 Å². The van der Waals surface area contributed by atoms with Gasteiger partial charge in [0.15, 0.2) is 0 Å². The number of rotatable bonds is 7. The van der Waals surface area contributed by atoms with Crippen molar-refractivity contribution in [2.45, 2.75) is 32.5 Å². The summed E-state index contributed by atoms with van der Waals surface area (Å²) < 4.78 is 38.6. The normalized spacial score (nSPS) is 13.0. The molecule has 1 rings (SSSR count). The zero-order chi connectivity index (χ0) is 16.0. The van der Waals surface area contributed by atoms with E-state index in [-0.39, 0.29) is 11.7 Å². The lowest BCUT2D eigenvalue weighted by molar-refractivity contribution is -0.138. The summed E-state index contributed by atoms with van der Waals surface area (Å²) in [5.74, 6) is 0.337.